The summed E-state index contributed by atoms with van der Waals surface area (Å²) in [4.78, 5) is 12.5. The molecule has 1 amide bonds. The second kappa shape index (κ2) is 7.84. The summed E-state index contributed by atoms with van der Waals surface area (Å²) < 4.78 is 44.5. The van der Waals surface area contributed by atoms with Crippen LogP contribution in [0.15, 0.2) is 42.5 Å². The lowest BCUT2D eigenvalue weighted by Crippen LogP contribution is -2.39. The molecule has 1 saturated heterocycles. The maximum Gasteiger partial charge on any atom is 0.255 e. The van der Waals surface area contributed by atoms with Crippen LogP contribution < -0.4 is 9.62 Å². The highest BCUT2D eigenvalue weighted by Gasteiger charge is 2.30. The molecule has 27 heavy (non-hydrogen) atoms. The summed E-state index contributed by atoms with van der Waals surface area (Å²) in [5.74, 6) is -1.06. The van der Waals surface area contributed by atoms with Gasteiger partial charge in [0.05, 0.1) is 17.0 Å². The number of hydrogen-bond acceptors (Lipinski definition) is 4. The van der Waals surface area contributed by atoms with Crippen LogP contribution >= 0.6 is 11.6 Å². The normalized spacial score (nSPS) is 16.9. The van der Waals surface area contributed by atoms with Gasteiger partial charge in [0.15, 0.2) is 0 Å². The molecule has 2 aromatic rings. The van der Waals surface area contributed by atoms with Crippen molar-refractivity contribution in [1.82, 2.24) is 0 Å². The van der Waals surface area contributed by atoms with Crippen LogP contribution in [0.25, 0.3) is 0 Å². The van der Waals surface area contributed by atoms with Crippen LogP contribution in [0, 0.1) is 5.82 Å². The average molecular weight is 413 g/mol. The van der Waals surface area contributed by atoms with Crippen molar-refractivity contribution in [2.75, 3.05) is 22.5 Å². The number of ether oxygens (including phenoxy) is 1. The van der Waals surface area contributed by atoms with E-state index < -0.39 is 28.0 Å². The van der Waals surface area contributed by atoms with Gasteiger partial charge in [-0.25, -0.2) is 17.1 Å². The zero-order valence-corrected chi connectivity index (χ0v) is 16.1. The zero-order valence-electron chi connectivity index (χ0n) is 14.5. The lowest BCUT2D eigenvalue weighted by molar-refractivity contribution is 0.102. The quantitative estimate of drug-likeness (QED) is 0.813. The van der Waals surface area contributed by atoms with Crippen molar-refractivity contribution in [2.24, 2.45) is 0 Å². The Morgan fingerprint density at radius 3 is 2.70 bits per heavy atom. The summed E-state index contributed by atoms with van der Waals surface area (Å²) in [7, 11) is -3.60. The largest absolute Gasteiger partial charge is 0.357 e. The Balaban J connectivity index is 1.87. The molecule has 1 aliphatic rings. The summed E-state index contributed by atoms with van der Waals surface area (Å²) in [5.41, 5.74) is 0.921. The van der Waals surface area contributed by atoms with Gasteiger partial charge in [-0.2, -0.15) is 0 Å². The van der Waals surface area contributed by atoms with Gasteiger partial charge < -0.3 is 10.1 Å². The second-order valence-electron chi connectivity index (χ2n) is 6.16. The van der Waals surface area contributed by atoms with Gasteiger partial charge in [-0.3, -0.25) is 4.79 Å². The fourth-order valence-electron chi connectivity index (χ4n) is 2.88. The maximum absolute atomic E-state index is 13.2. The van der Waals surface area contributed by atoms with E-state index in [1.54, 1.807) is 18.2 Å². The SMILES string of the molecule is CS(=O)(=O)N(c1cccc(C(=O)Nc2ccc(F)c(Cl)c2)c1)C1CCCO1. The Bertz CT molecular complexity index is 962. The third kappa shape index (κ3) is 4.58. The van der Waals surface area contributed by atoms with Crippen LogP contribution in [0.2, 0.25) is 5.02 Å². The van der Waals surface area contributed by atoms with Crippen LogP contribution in [0.3, 0.4) is 0 Å². The van der Waals surface area contributed by atoms with Crippen molar-refractivity contribution in [3.8, 4) is 0 Å². The molecule has 3 rings (SSSR count). The van der Waals surface area contributed by atoms with Gasteiger partial charge in [-0.1, -0.05) is 17.7 Å². The Labute approximate surface area is 161 Å². The average Bonchev–Trinajstić information content (AvgIpc) is 3.11. The Kier molecular flexibility index (Phi) is 5.69. The number of sulfonamides is 1. The van der Waals surface area contributed by atoms with Crippen molar-refractivity contribution < 1.29 is 22.3 Å². The number of anilines is 2. The first-order chi connectivity index (χ1) is 12.8. The number of carbonyl (C=O) groups is 1. The van der Waals surface area contributed by atoms with Gasteiger partial charge in [0.2, 0.25) is 10.0 Å². The third-order valence-corrected chi connectivity index (χ3v) is 5.52. The molecule has 1 unspecified atom stereocenters. The molecule has 1 heterocycles. The number of halogens is 2. The highest BCUT2D eigenvalue weighted by molar-refractivity contribution is 7.92. The predicted octanol–water partition coefficient (Wildman–Crippen LogP) is 3.63. The highest BCUT2D eigenvalue weighted by atomic mass is 35.5. The van der Waals surface area contributed by atoms with Crippen LogP contribution in [-0.2, 0) is 14.8 Å². The molecule has 2 aromatic carbocycles. The number of nitrogens with one attached hydrogen (secondary N) is 1. The Hall–Kier alpha value is -2.16. The van der Waals surface area contributed by atoms with Crippen molar-refractivity contribution in [3.05, 3.63) is 58.9 Å². The summed E-state index contributed by atoms with van der Waals surface area (Å²) in [6.45, 7) is 0.488. The number of rotatable bonds is 5. The van der Waals surface area contributed by atoms with Crippen LogP contribution in [-0.4, -0.2) is 33.4 Å². The van der Waals surface area contributed by atoms with E-state index in [2.05, 4.69) is 5.32 Å². The zero-order chi connectivity index (χ0) is 19.6. The summed E-state index contributed by atoms with van der Waals surface area (Å²) >= 11 is 5.72. The van der Waals surface area contributed by atoms with E-state index in [4.69, 9.17) is 16.3 Å². The first-order valence-electron chi connectivity index (χ1n) is 8.23. The monoisotopic (exact) mass is 412 g/mol. The number of amides is 1. The molecule has 9 heteroatoms. The fourth-order valence-corrected chi connectivity index (χ4v) is 4.15. The smallest absolute Gasteiger partial charge is 0.255 e. The molecule has 0 saturated carbocycles. The van der Waals surface area contributed by atoms with Gasteiger partial charge in [-0.05, 0) is 49.2 Å². The molecule has 0 aromatic heterocycles. The van der Waals surface area contributed by atoms with Crippen LogP contribution in [0.4, 0.5) is 15.8 Å². The topological polar surface area (TPSA) is 75.7 Å². The van der Waals surface area contributed by atoms with Gasteiger partial charge in [0.1, 0.15) is 12.0 Å². The lowest BCUT2D eigenvalue weighted by Gasteiger charge is -2.28. The number of benzene rings is 2. The molecule has 1 fully saturated rings. The van der Waals surface area contributed by atoms with E-state index in [0.717, 1.165) is 18.7 Å². The molecule has 1 atom stereocenters. The minimum Gasteiger partial charge on any atom is -0.357 e. The molecule has 0 radical (unpaired) electrons. The fraction of sp³-hybridized carbons (Fsp3) is 0.278. The second-order valence-corrected chi connectivity index (χ2v) is 8.43. The minimum atomic E-state index is -3.60. The van der Waals surface area contributed by atoms with E-state index in [1.807, 2.05) is 0 Å². The Morgan fingerprint density at radius 2 is 2.07 bits per heavy atom. The van der Waals surface area contributed by atoms with E-state index in [0.29, 0.717) is 24.4 Å². The molecular formula is C18H18ClFN2O4S. The van der Waals surface area contributed by atoms with E-state index >= 15 is 0 Å². The minimum absolute atomic E-state index is 0.108. The van der Waals surface area contributed by atoms with Gasteiger partial charge in [0, 0.05) is 17.9 Å². The maximum atomic E-state index is 13.2. The van der Waals surface area contributed by atoms with E-state index in [1.165, 1.54) is 22.5 Å². The molecule has 6 nitrogen and oxygen atoms in total. The van der Waals surface area contributed by atoms with E-state index in [-0.39, 0.29) is 10.6 Å². The lowest BCUT2D eigenvalue weighted by atomic mass is 10.1. The molecule has 1 N–H and O–H groups in total. The third-order valence-electron chi connectivity index (χ3n) is 4.06. The summed E-state index contributed by atoms with van der Waals surface area (Å²) in [5, 5.41) is 2.50. The summed E-state index contributed by atoms with van der Waals surface area (Å²) in [6, 6.07) is 10.1. The summed E-state index contributed by atoms with van der Waals surface area (Å²) in [6.07, 6.45) is 1.86. The van der Waals surface area contributed by atoms with Crippen molar-refractivity contribution >= 4 is 38.9 Å². The Morgan fingerprint density at radius 1 is 1.30 bits per heavy atom. The van der Waals surface area contributed by atoms with Crippen molar-refractivity contribution in [2.45, 2.75) is 19.1 Å². The number of nitrogens with zero attached hydrogens (tertiary/aromatic N) is 1. The molecule has 1 aliphatic heterocycles. The molecular weight excluding hydrogens is 395 g/mol. The van der Waals surface area contributed by atoms with Gasteiger partial charge in [-0.15, -0.1) is 0 Å². The first-order valence-corrected chi connectivity index (χ1v) is 10.5. The molecule has 144 valence electrons. The molecule has 0 bridgehead atoms. The van der Waals surface area contributed by atoms with Crippen molar-refractivity contribution in [3.63, 3.8) is 0 Å². The standard InChI is InChI=1S/C18H18ClFN2O4S/c1-27(24,25)22(17-6-3-9-26-17)14-5-2-4-12(10-14)18(23)21-13-7-8-16(20)15(19)11-13/h2,4-5,7-8,10-11,17H,3,6,9H2,1H3,(H,21,23). The first kappa shape index (κ1) is 19.6. The van der Waals surface area contributed by atoms with E-state index in [9.17, 15) is 17.6 Å². The van der Waals surface area contributed by atoms with Crippen LogP contribution in [0.5, 0.6) is 0 Å². The molecule has 0 spiro atoms. The number of carbonyl (C=O) groups excluding carboxylic acids is 1. The van der Waals surface area contributed by atoms with Gasteiger partial charge >= 0.3 is 0 Å². The number of hydrogen-bond donors (Lipinski definition) is 1. The van der Waals surface area contributed by atoms with Crippen LogP contribution in [0.1, 0.15) is 23.2 Å². The predicted molar refractivity (Wildman–Crippen MR) is 102 cm³/mol. The van der Waals surface area contributed by atoms with Gasteiger partial charge in [0.25, 0.3) is 5.91 Å². The molecule has 0 aliphatic carbocycles. The van der Waals surface area contributed by atoms with Crippen molar-refractivity contribution in [1.29, 1.82) is 0 Å². The highest BCUT2D eigenvalue weighted by Crippen LogP contribution is 2.28.